The van der Waals surface area contributed by atoms with E-state index < -0.39 is 4.92 Å². The Bertz CT molecular complexity index is 543. The van der Waals surface area contributed by atoms with Crippen molar-refractivity contribution in [1.82, 2.24) is 9.97 Å². The molecule has 9 heteroatoms. The van der Waals surface area contributed by atoms with Gasteiger partial charge in [-0.3, -0.25) is 10.1 Å². The SMILES string of the molecule is CC[C@H](C)Nc1nc(N)c([N+](=O)[O-])c(N2CC[NH+](C)CC2)n1. The highest BCUT2D eigenvalue weighted by Gasteiger charge is 2.30. The number of likely N-dealkylation sites (N-methyl/N-ethyl adjacent to an activating group) is 1. The van der Waals surface area contributed by atoms with E-state index >= 15 is 0 Å². The predicted octanol–water partition coefficient (Wildman–Crippen LogP) is -0.488. The van der Waals surface area contributed by atoms with Crippen molar-refractivity contribution in [2.45, 2.75) is 26.3 Å². The van der Waals surface area contributed by atoms with Gasteiger partial charge in [0.25, 0.3) is 0 Å². The lowest BCUT2D eigenvalue weighted by molar-refractivity contribution is -0.880. The van der Waals surface area contributed by atoms with Crippen LogP contribution in [0, 0.1) is 10.1 Å². The van der Waals surface area contributed by atoms with E-state index in [1.807, 2.05) is 18.7 Å². The zero-order valence-electron chi connectivity index (χ0n) is 13.3. The monoisotopic (exact) mass is 310 g/mol. The van der Waals surface area contributed by atoms with Gasteiger partial charge in [0, 0.05) is 6.04 Å². The summed E-state index contributed by atoms with van der Waals surface area (Å²) in [6.07, 6.45) is 0.896. The molecule has 1 aromatic heterocycles. The first-order valence-electron chi connectivity index (χ1n) is 7.57. The van der Waals surface area contributed by atoms with Crippen LogP contribution in [-0.2, 0) is 0 Å². The topological polar surface area (TPSA) is 115 Å². The minimum absolute atomic E-state index is 0.0907. The summed E-state index contributed by atoms with van der Waals surface area (Å²) in [5.41, 5.74) is 5.61. The largest absolute Gasteiger partial charge is 0.378 e. The van der Waals surface area contributed by atoms with Gasteiger partial charge in [0.1, 0.15) is 0 Å². The average Bonchev–Trinajstić information content (AvgIpc) is 2.46. The van der Waals surface area contributed by atoms with Crippen molar-refractivity contribution < 1.29 is 9.82 Å². The van der Waals surface area contributed by atoms with Crippen LogP contribution in [-0.4, -0.2) is 54.2 Å². The summed E-state index contributed by atoms with van der Waals surface area (Å²) in [6, 6.07) is 0.172. The number of anilines is 3. The molecule has 1 aliphatic heterocycles. The summed E-state index contributed by atoms with van der Waals surface area (Å²) in [6.45, 7) is 7.29. The van der Waals surface area contributed by atoms with Crippen molar-refractivity contribution in [1.29, 1.82) is 0 Å². The first-order valence-corrected chi connectivity index (χ1v) is 7.57. The van der Waals surface area contributed by atoms with Gasteiger partial charge in [-0.2, -0.15) is 9.97 Å². The van der Waals surface area contributed by atoms with Crippen molar-refractivity contribution in [2.24, 2.45) is 0 Å². The fraction of sp³-hybridized carbons (Fsp3) is 0.692. The molecule has 0 saturated carbocycles. The van der Waals surface area contributed by atoms with Gasteiger partial charge >= 0.3 is 5.69 Å². The number of nitrogen functional groups attached to an aromatic ring is 1. The van der Waals surface area contributed by atoms with Gasteiger partial charge in [-0.1, -0.05) is 6.92 Å². The van der Waals surface area contributed by atoms with Crippen LogP contribution in [0.2, 0.25) is 0 Å². The van der Waals surface area contributed by atoms with Crippen LogP contribution in [0.5, 0.6) is 0 Å². The molecule has 0 radical (unpaired) electrons. The lowest BCUT2D eigenvalue weighted by atomic mass is 10.3. The Hall–Kier alpha value is -2.16. The number of rotatable bonds is 5. The van der Waals surface area contributed by atoms with Crippen molar-refractivity contribution in [2.75, 3.05) is 49.2 Å². The molecule has 9 nitrogen and oxygen atoms in total. The summed E-state index contributed by atoms with van der Waals surface area (Å²) >= 11 is 0. The first-order chi connectivity index (χ1) is 10.4. The van der Waals surface area contributed by atoms with Crippen molar-refractivity contribution >= 4 is 23.3 Å². The molecular formula is C13H24N7O2+. The van der Waals surface area contributed by atoms with E-state index in [2.05, 4.69) is 22.3 Å². The molecule has 1 fully saturated rings. The minimum atomic E-state index is -0.497. The summed E-state index contributed by atoms with van der Waals surface area (Å²) in [5, 5.41) is 14.5. The Balaban J connectivity index is 2.37. The standard InChI is InChI=1S/C13H23N7O2/c1-4-9(2)15-13-16-11(14)10(20(21)22)12(17-13)19-7-5-18(3)6-8-19/h9H,4-8H2,1-3H3,(H3,14,15,16,17)/p+1/t9-/m0/s1. The number of piperazine rings is 1. The van der Waals surface area contributed by atoms with E-state index in [4.69, 9.17) is 5.73 Å². The number of quaternary nitrogens is 1. The molecule has 0 amide bonds. The second kappa shape index (κ2) is 6.73. The fourth-order valence-electron chi connectivity index (χ4n) is 2.34. The van der Waals surface area contributed by atoms with E-state index in [9.17, 15) is 10.1 Å². The molecular weight excluding hydrogens is 286 g/mol. The quantitative estimate of drug-likeness (QED) is 0.496. The van der Waals surface area contributed by atoms with Gasteiger partial charge in [0.2, 0.25) is 17.6 Å². The lowest BCUT2D eigenvalue weighted by Crippen LogP contribution is -3.12. The molecule has 4 N–H and O–H groups in total. The van der Waals surface area contributed by atoms with E-state index in [0.29, 0.717) is 24.9 Å². The third kappa shape index (κ3) is 3.53. The van der Waals surface area contributed by atoms with Gasteiger partial charge in [-0.15, -0.1) is 0 Å². The molecule has 0 bridgehead atoms. The number of nitrogens with one attached hydrogen (secondary N) is 2. The molecule has 0 spiro atoms. The number of nitrogens with two attached hydrogens (primary N) is 1. The minimum Gasteiger partial charge on any atom is -0.378 e. The molecule has 0 unspecified atom stereocenters. The van der Waals surface area contributed by atoms with E-state index in [0.717, 1.165) is 19.5 Å². The maximum atomic E-state index is 11.3. The summed E-state index contributed by atoms with van der Waals surface area (Å²) in [7, 11) is 2.11. The molecule has 122 valence electrons. The molecule has 22 heavy (non-hydrogen) atoms. The van der Waals surface area contributed by atoms with Crippen LogP contribution >= 0.6 is 0 Å². The number of hydrogen-bond acceptors (Lipinski definition) is 7. The number of nitro groups is 1. The maximum Gasteiger partial charge on any atom is 0.353 e. The van der Waals surface area contributed by atoms with Gasteiger partial charge in [0.15, 0.2) is 0 Å². The third-order valence-corrected chi connectivity index (χ3v) is 3.98. The Kier molecular flexibility index (Phi) is 4.96. The van der Waals surface area contributed by atoms with Crippen LogP contribution in [0.4, 0.5) is 23.3 Å². The highest BCUT2D eigenvalue weighted by molar-refractivity contribution is 5.71. The lowest BCUT2D eigenvalue weighted by Gasteiger charge is -2.30. The Labute approximate surface area is 129 Å². The maximum absolute atomic E-state index is 11.3. The number of hydrogen-bond donors (Lipinski definition) is 3. The van der Waals surface area contributed by atoms with Gasteiger partial charge in [-0.25, -0.2) is 0 Å². The summed E-state index contributed by atoms with van der Waals surface area (Å²) in [4.78, 5) is 22.6. The summed E-state index contributed by atoms with van der Waals surface area (Å²) < 4.78 is 0. The highest BCUT2D eigenvalue weighted by Crippen LogP contribution is 2.32. The molecule has 2 heterocycles. The normalized spacial score (nSPS) is 17.3. The Morgan fingerprint density at radius 1 is 1.45 bits per heavy atom. The predicted molar refractivity (Wildman–Crippen MR) is 85.3 cm³/mol. The van der Waals surface area contributed by atoms with Gasteiger partial charge < -0.3 is 20.9 Å². The van der Waals surface area contributed by atoms with E-state index in [1.54, 1.807) is 0 Å². The molecule has 2 rings (SSSR count). The number of aromatic nitrogens is 2. The molecule has 1 aromatic rings. The Morgan fingerprint density at radius 2 is 2.09 bits per heavy atom. The van der Waals surface area contributed by atoms with Crippen molar-refractivity contribution in [3.8, 4) is 0 Å². The van der Waals surface area contributed by atoms with Crippen molar-refractivity contribution in [3.63, 3.8) is 0 Å². The highest BCUT2D eigenvalue weighted by atomic mass is 16.6. The smallest absolute Gasteiger partial charge is 0.353 e. The molecule has 1 atom stereocenters. The summed E-state index contributed by atoms with van der Waals surface area (Å²) in [5.74, 6) is 0.571. The second-order valence-electron chi connectivity index (χ2n) is 5.76. The molecule has 0 aliphatic carbocycles. The van der Waals surface area contributed by atoms with Crippen LogP contribution < -0.4 is 20.9 Å². The zero-order chi connectivity index (χ0) is 16.3. The van der Waals surface area contributed by atoms with Crippen molar-refractivity contribution in [3.05, 3.63) is 10.1 Å². The second-order valence-corrected chi connectivity index (χ2v) is 5.76. The first kappa shape index (κ1) is 16.2. The van der Waals surface area contributed by atoms with Crippen LogP contribution in [0.1, 0.15) is 20.3 Å². The van der Waals surface area contributed by atoms with E-state index in [1.165, 1.54) is 4.90 Å². The van der Waals surface area contributed by atoms with Crippen LogP contribution in [0.3, 0.4) is 0 Å². The molecule has 1 aliphatic rings. The Morgan fingerprint density at radius 3 is 2.64 bits per heavy atom. The average molecular weight is 310 g/mol. The van der Waals surface area contributed by atoms with Gasteiger partial charge in [-0.05, 0) is 13.3 Å². The number of nitrogens with zero attached hydrogens (tertiary/aromatic N) is 4. The molecule has 1 saturated heterocycles. The molecule has 0 aromatic carbocycles. The fourth-order valence-corrected chi connectivity index (χ4v) is 2.34. The van der Waals surface area contributed by atoms with E-state index in [-0.39, 0.29) is 17.5 Å². The van der Waals surface area contributed by atoms with Gasteiger partial charge in [0.05, 0.1) is 38.2 Å². The zero-order valence-corrected chi connectivity index (χ0v) is 13.3. The van der Waals surface area contributed by atoms with Crippen LogP contribution in [0.15, 0.2) is 0 Å². The third-order valence-electron chi connectivity index (χ3n) is 3.98. The van der Waals surface area contributed by atoms with Crippen LogP contribution in [0.25, 0.3) is 0 Å².